The number of guanidine groups is 1. The van der Waals surface area contributed by atoms with Crippen molar-refractivity contribution in [3.63, 3.8) is 0 Å². The molecule has 3 nitrogen and oxygen atoms in total. The highest BCUT2D eigenvalue weighted by molar-refractivity contribution is 7.94. The second kappa shape index (κ2) is 6.83. The molecule has 0 saturated carbocycles. The fourth-order valence-electron chi connectivity index (χ4n) is 3.16. The van der Waals surface area contributed by atoms with Crippen LogP contribution in [0, 0.1) is 0 Å². The van der Waals surface area contributed by atoms with Crippen LogP contribution in [0.4, 0.5) is 3.89 Å². The number of hydrogen-bond acceptors (Lipinski definition) is 5. The lowest BCUT2D eigenvalue weighted by molar-refractivity contribution is 0.351. The van der Waals surface area contributed by atoms with Gasteiger partial charge in [-0.05, 0) is 36.1 Å². The van der Waals surface area contributed by atoms with E-state index in [2.05, 4.69) is 6.58 Å². The highest BCUT2D eigenvalue weighted by Crippen LogP contribution is 2.52. The molecule has 0 spiro atoms. The summed E-state index contributed by atoms with van der Waals surface area (Å²) in [5, 5.41) is 2.77. The predicted molar refractivity (Wildman–Crippen MR) is 106 cm³/mol. The number of nitrogens with two attached hydrogens (primary N) is 1. The fraction of sp³-hybridized carbons (Fsp3) is 0.235. The molecule has 1 aromatic heterocycles. The first kappa shape index (κ1) is 18.6. The highest BCUT2D eigenvalue weighted by Gasteiger charge is 2.46. The zero-order valence-corrected chi connectivity index (χ0v) is 16.7. The van der Waals surface area contributed by atoms with Crippen LogP contribution < -0.4 is 5.73 Å². The molecule has 1 aliphatic rings. The number of likely N-dealkylation sites (N-methyl/N-ethyl adjacent to an activating group) is 1. The van der Waals surface area contributed by atoms with E-state index in [0.717, 1.165) is 16.1 Å². The Morgan fingerprint density at radius 3 is 2.72 bits per heavy atom. The Morgan fingerprint density at radius 2 is 2.08 bits per heavy atom. The van der Waals surface area contributed by atoms with Gasteiger partial charge >= 0.3 is 0 Å². The number of benzene rings is 1. The highest BCUT2D eigenvalue weighted by atomic mass is 35.5. The fourth-order valence-corrected chi connectivity index (χ4v) is 5.11. The third-order valence-electron chi connectivity index (χ3n) is 4.47. The molecule has 2 N–H and O–H groups in total. The van der Waals surface area contributed by atoms with E-state index in [0.29, 0.717) is 20.9 Å². The van der Waals surface area contributed by atoms with Gasteiger partial charge in [0.1, 0.15) is 5.54 Å². The van der Waals surface area contributed by atoms with E-state index in [9.17, 15) is 3.89 Å². The van der Waals surface area contributed by atoms with Gasteiger partial charge in [-0.2, -0.15) is 3.89 Å². The molecule has 2 atom stereocenters. The van der Waals surface area contributed by atoms with Crippen molar-refractivity contribution < 1.29 is 3.89 Å². The van der Waals surface area contributed by atoms with Crippen molar-refractivity contribution in [2.45, 2.75) is 23.3 Å². The topological polar surface area (TPSA) is 41.6 Å². The number of thiophene rings is 1. The monoisotopic (exact) mass is 415 g/mol. The molecule has 2 aromatic rings. The molecular weight excluding hydrogens is 400 g/mol. The smallest absolute Gasteiger partial charge is 0.196 e. The summed E-state index contributed by atoms with van der Waals surface area (Å²) < 4.78 is 13.4. The molecule has 25 heavy (non-hydrogen) atoms. The molecule has 3 rings (SSSR count). The van der Waals surface area contributed by atoms with E-state index in [4.69, 9.17) is 33.9 Å². The van der Waals surface area contributed by atoms with Crippen molar-refractivity contribution >= 4 is 52.6 Å². The summed E-state index contributed by atoms with van der Waals surface area (Å²) in [4.78, 5) is 7.79. The van der Waals surface area contributed by atoms with Crippen LogP contribution in [-0.4, -0.2) is 17.9 Å². The van der Waals surface area contributed by atoms with Gasteiger partial charge in [-0.15, -0.1) is 11.3 Å². The normalized spacial score (nSPS) is 23.7. The van der Waals surface area contributed by atoms with Crippen molar-refractivity contribution in [1.82, 2.24) is 4.90 Å². The molecule has 2 unspecified atom stereocenters. The third-order valence-corrected chi connectivity index (χ3v) is 6.98. The van der Waals surface area contributed by atoms with Gasteiger partial charge in [-0.3, -0.25) is 0 Å². The Labute approximate surface area is 164 Å². The lowest BCUT2D eigenvalue weighted by Gasteiger charge is -2.43. The zero-order valence-electron chi connectivity index (χ0n) is 13.6. The molecule has 2 heterocycles. The minimum Gasteiger partial charge on any atom is -0.370 e. The van der Waals surface area contributed by atoms with Gasteiger partial charge < -0.3 is 10.6 Å². The maximum Gasteiger partial charge on any atom is 0.196 e. The van der Waals surface area contributed by atoms with Gasteiger partial charge in [0.2, 0.25) is 0 Å². The summed E-state index contributed by atoms with van der Waals surface area (Å²) >= 11 is 13.9. The van der Waals surface area contributed by atoms with E-state index in [-0.39, 0.29) is 18.1 Å². The first-order valence-electron chi connectivity index (χ1n) is 7.39. The predicted octanol–water partition coefficient (Wildman–Crippen LogP) is 5.80. The Bertz CT molecular complexity index is 867. The maximum absolute atomic E-state index is 13.4. The van der Waals surface area contributed by atoms with Crippen molar-refractivity contribution in [1.29, 1.82) is 0 Å². The van der Waals surface area contributed by atoms with Crippen LogP contribution in [0.25, 0.3) is 0 Å². The molecule has 1 aromatic carbocycles. The zero-order chi connectivity index (χ0) is 18.4. The number of nitrogens with zero attached hydrogens (tertiary/aromatic N) is 2. The van der Waals surface area contributed by atoms with Gasteiger partial charge in [0.05, 0.1) is 33.0 Å². The van der Waals surface area contributed by atoms with E-state index < -0.39 is 5.54 Å². The first-order valence-corrected chi connectivity index (χ1v) is 9.74. The number of aliphatic imine (C=N–C) groups is 1. The van der Waals surface area contributed by atoms with Gasteiger partial charge in [0.25, 0.3) is 0 Å². The molecule has 1 aliphatic heterocycles. The second-order valence-corrected chi connectivity index (χ2v) is 8.29. The minimum atomic E-state index is -0.798. The Balaban J connectivity index is 2.24. The summed E-state index contributed by atoms with van der Waals surface area (Å²) in [5.41, 5.74) is 6.97. The van der Waals surface area contributed by atoms with E-state index in [1.165, 1.54) is 11.3 Å². The van der Waals surface area contributed by atoms with Crippen molar-refractivity contribution in [2.24, 2.45) is 10.7 Å². The maximum atomic E-state index is 13.4. The van der Waals surface area contributed by atoms with Gasteiger partial charge in [0, 0.05) is 17.6 Å². The van der Waals surface area contributed by atoms with Crippen molar-refractivity contribution in [2.75, 3.05) is 7.05 Å². The van der Waals surface area contributed by atoms with E-state index >= 15 is 0 Å². The SMILES string of the molecule is C=C1C(c2ccc(Cl)c(Cl)c2)C(C)(c2sccc2SF)N=C(N)N1C. The lowest BCUT2D eigenvalue weighted by atomic mass is 9.76. The second-order valence-electron chi connectivity index (χ2n) is 5.97. The van der Waals surface area contributed by atoms with Crippen molar-refractivity contribution in [3.8, 4) is 0 Å². The summed E-state index contributed by atoms with van der Waals surface area (Å²) in [5.74, 6) is 0.0798. The van der Waals surface area contributed by atoms with Crippen LogP contribution in [0.1, 0.15) is 23.3 Å². The van der Waals surface area contributed by atoms with Crippen molar-refractivity contribution in [3.05, 3.63) is 62.4 Å². The van der Waals surface area contributed by atoms with Crippen LogP contribution in [0.15, 0.2) is 51.8 Å². The van der Waals surface area contributed by atoms with Gasteiger partial charge in [-0.25, -0.2) is 4.99 Å². The van der Waals surface area contributed by atoms with Gasteiger partial charge in [-0.1, -0.05) is 35.8 Å². The third kappa shape index (κ3) is 3.05. The number of rotatable bonds is 3. The molecule has 0 saturated heterocycles. The summed E-state index contributed by atoms with van der Waals surface area (Å²) in [7, 11) is 1.81. The Kier molecular flexibility index (Phi) is 5.08. The molecule has 0 radical (unpaired) electrons. The standard InChI is InChI=1S/C17H16Cl2FN3S2/c1-9-14(10-4-5-11(18)12(19)8-10)17(2,22-16(21)23(9)3)15-13(25-20)6-7-24-15/h4-8,14H,1H2,2-3H3,(H2,21,22). The van der Waals surface area contributed by atoms with E-state index in [1.54, 1.807) is 23.1 Å². The lowest BCUT2D eigenvalue weighted by Crippen LogP contribution is -2.46. The Hall–Kier alpha value is -1.21. The minimum absolute atomic E-state index is 0.210. The summed E-state index contributed by atoms with van der Waals surface area (Å²) in [6.45, 7) is 6.15. The Morgan fingerprint density at radius 1 is 1.36 bits per heavy atom. The molecule has 0 aliphatic carbocycles. The summed E-state index contributed by atoms with van der Waals surface area (Å²) in [6.07, 6.45) is 0. The van der Waals surface area contributed by atoms with E-state index in [1.807, 2.05) is 25.4 Å². The van der Waals surface area contributed by atoms with Gasteiger partial charge in [0.15, 0.2) is 5.96 Å². The average molecular weight is 416 g/mol. The first-order chi connectivity index (χ1) is 11.8. The summed E-state index contributed by atoms with van der Waals surface area (Å²) in [6, 6.07) is 7.18. The van der Waals surface area contributed by atoms with Crippen LogP contribution in [0.2, 0.25) is 10.0 Å². The molecule has 0 fully saturated rings. The molecule has 132 valence electrons. The molecular formula is C17H16Cl2FN3S2. The quantitative estimate of drug-likeness (QED) is 0.687. The van der Waals surface area contributed by atoms with Crippen LogP contribution in [0.5, 0.6) is 0 Å². The van der Waals surface area contributed by atoms with Crippen LogP contribution in [0.3, 0.4) is 0 Å². The molecule has 0 bridgehead atoms. The largest absolute Gasteiger partial charge is 0.370 e. The average Bonchev–Trinajstić information content (AvgIpc) is 3.05. The molecule has 8 heteroatoms. The number of halogens is 3. The van der Waals surface area contributed by atoms with Crippen LogP contribution >= 0.6 is 46.7 Å². The number of hydrogen-bond donors (Lipinski definition) is 1. The van der Waals surface area contributed by atoms with Crippen LogP contribution in [-0.2, 0) is 5.54 Å². The molecule has 0 amide bonds.